The number of benzene rings is 1. The van der Waals surface area contributed by atoms with Gasteiger partial charge < -0.3 is 20.1 Å². The van der Waals surface area contributed by atoms with Crippen LogP contribution in [0.2, 0.25) is 0 Å². The number of halogens is 3. The van der Waals surface area contributed by atoms with Gasteiger partial charge in [-0.25, -0.2) is 4.79 Å². The van der Waals surface area contributed by atoms with E-state index < -0.39 is 6.36 Å². The first-order chi connectivity index (χ1) is 10.9. The van der Waals surface area contributed by atoms with E-state index in [1.54, 1.807) is 4.90 Å². The van der Waals surface area contributed by atoms with Crippen LogP contribution in [0, 0.1) is 0 Å². The van der Waals surface area contributed by atoms with E-state index in [1.807, 2.05) is 0 Å². The molecule has 0 aliphatic carbocycles. The van der Waals surface area contributed by atoms with Gasteiger partial charge in [0.05, 0.1) is 12.6 Å². The van der Waals surface area contributed by atoms with Crippen LogP contribution in [0.4, 0.5) is 18.0 Å². The summed E-state index contributed by atoms with van der Waals surface area (Å²) < 4.78 is 39.9. The summed E-state index contributed by atoms with van der Waals surface area (Å²) >= 11 is 0. The second kappa shape index (κ2) is 7.54. The fraction of sp³-hybridized carbons (Fsp3) is 0.533. The number of aliphatic hydroxyl groups is 1. The number of likely N-dealkylation sites (tertiary alicyclic amines) is 1. The van der Waals surface area contributed by atoms with Gasteiger partial charge in [0.15, 0.2) is 0 Å². The molecular weight excluding hydrogens is 313 g/mol. The number of aliphatic hydroxyl groups excluding tert-OH is 1. The predicted octanol–water partition coefficient (Wildman–Crippen LogP) is 2.29. The van der Waals surface area contributed by atoms with Gasteiger partial charge in [0, 0.05) is 13.1 Å². The van der Waals surface area contributed by atoms with Crippen LogP contribution in [-0.2, 0) is 6.42 Å². The van der Waals surface area contributed by atoms with Gasteiger partial charge in [-0.05, 0) is 37.0 Å². The minimum atomic E-state index is -4.70. The van der Waals surface area contributed by atoms with Crippen molar-refractivity contribution >= 4 is 6.03 Å². The lowest BCUT2D eigenvalue weighted by Crippen LogP contribution is -2.44. The average molecular weight is 332 g/mol. The summed E-state index contributed by atoms with van der Waals surface area (Å²) in [4.78, 5) is 13.6. The zero-order valence-corrected chi connectivity index (χ0v) is 12.5. The molecule has 1 atom stereocenters. The Bertz CT molecular complexity index is 520. The molecule has 1 saturated heterocycles. The fourth-order valence-electron chi connectivity index (χ4n) is 2.57. The maximum absolute atomic E-state index is 12.0. The largest absolute Gasteiger partial charge is 0.573 e. The van der Waals surface area contributed by atoms with Crippen LogP contribution < -0.4 is 10.1 Å². The first-order valence-electron chi connectivity index (χ1n) is 7.39. The number of carbonyl (C=O) groups is 1. The Morgan fingerprint density at radius 3 is 2.65 bits per heavy atom. The summed E-state index contributed by atoms with van der Waals surface area (Å²) in [7, 11) is 0. The first-order valence-corrected chi connectivity index (χ1v) is 7.39. The zero-order chi connectivity index (χ0) is 16.9. The molecule has 1 unspecified atom stereocenters. The molecular formula is C15H19F3N2O3. The third-order valence-electron chi connectivity index (χ3n) is 3.70. The van der Waals surface area contributed by atoms with Crippen LogP contribution >= 0.6 is 0 Å². The van der Waals surface area contributed by atoms with Gasteiger partial charge in [-0.3, -0.25) is 0 Å². The van der Waals surface area contributed by atoms with Crippen LogP contribution in [0.25, 0.3) is 0 Å². The van der Waals surface area contributed by atoms with Gasteiger partial charge in [-0.2, -0.15) is 0 Å². The molecule has 1 heterocycles. The fourth-order valence-corrected chi connectivity index (χ4v) is 2.57. The van der Waals surface area contributed by atoms with Gasteiger partial charge in [0.1, 0.15) is 5.75 Å². The Labute approximate surface area is 132 Å². The van der Waals surface area contributed by atoms with Gasteiger partial charge >= 0.3 is 12.4 Å². The maximum atomic E-state index is 12.0. The summed E-state index contributed by atoms with van der Waals surface area (Å²) in [5, 5.41) is 11.9. The Morgan fingerprint density at radius 1 is 1.35 bits per heavy atom. The molecule has 1 aromatic carbocycles. The number of rotatable bonds is 5. The number of alkyl halides is 3. The second-order valence-corrected chi connectivity index (χ2v) is 5.35. The summed E-state index contributed by atoms with van der Waals surface area (Å²) in [6.07, 6.45) is -2.53. The molecule has 1 aliphatic rings. The van der Waals surface area contributed by atoms with E-state index in [1.165, 1.54) is 24.3 Å². The van der Waals surface area contributed by atoms with E-state index in [0.717, 1.165) is 18.4 Å². The highest BCUT2D eigenvalue weighted by Gasteiger charge is 2.31. The van der Waals surface area contributed by atoms with E-state index in [-0.39, 0.29) is 24.4 Å². The lowest BCUT2D eigenvalue weighted by Gasteiger charge is -2.23. The molecule has 1 aromatic rings. The Hall–Kier alpha value is -1.96. The standard InChI is InChI=1S/C15H19F3N2O3/c16-15(17,18)23-13-5-3-11(4-6-13)7-8-19-14(22)20-9-1-2-12(20)10-21/h3-6,12,21H,1-2,7-10H2,(H,19,22). The van der Waals surface area contributed by atoms with Crippen LogP contribution in [0.5, 0.6) is 5.75 Å². The minimum absolute atomic E-state index is 0.0475. The van der Waals surface area contributed by atoms with Crippen LogP contribution in [-0.4, -0.2) is 48.1 Å². The number of nitrogens with zero attached hydrogens (tertiary/aromatic N) is 1. The van der Waals surface area contributed by atoms with Crippen molar-refractivity contribution in [3.8, 4) is 5.75 Å². The third kappa shape index (κ3) is 5.31. The van der Waals surface area contributed by atoms with Crippen molar-refractivity contribution in [3.63, 3.8) is 0 Å². The molecule has 8 heteroatoms. The van der Waals surface area contributed by atoms with E-state index in [9.17, 15) is 23.1 Å². The molecule has 0 radical (unpaired) electrons. The monoisotopic (exact) mass is 332 g/mol. The number of nitrogens with one attached hydrogen (secondary N) is 1. The molecule has 128 valence electrons. The number of carbonyl (C=O) groups excluding carboxylic acids is 1. The molecule has 0 bridgehead atoms. The SMILES string of the molecule is O=C(NCCc1ccc(OC(F)(F)F)cc1)N1CCCC1CO. The Balaban J connectivity index is 1.77. The van der Waals surface area contributed by atoms with Gasteiger partial charge in [0.25, 0.3) is 0 Å². The molecule has 2 rings (SSSR count). The first kappa shape index (κ1) is 17.4. The maximum Gasteiger partial charge on any atom is 0.573 e. The highest BCUT2D eigenvalue weighted by atomic mass is 19.4. The van der Waals surface area contributed by atoms with E-state index in [4.69, 9.17) is 0 Å². The number of hydrogen-bond donors (Lipinski definition) is 2. The predicted molar refractivity (Wildman–Crippen MR) is 77.0 cm³/mol. The van der Waals surface area contributed by atoms with Crippen molar-refractivity contribution in [1.82, 2.24) is 10.2 Å². The lowest BCUT2D eigenvalue weighted by molar-refractivity contribution is -0.274. The van der Waals surface area contributed by atoms with Crippen molar-refractivity contribution < 1.29 is 27.8 Å². The van der Waals surface area contributed by atoms with Crippen molar-refractivity contribution in [2.24, 2.45) is 0 Å². The molecule has 2 N–H and O–H groups in total. The third-order valence-corrected chi connectivity index (χ3v) is 3.70. The van der Waals surface area contributed by atoms with E-state index >= 15 is 0 Å². The van der Waals surface area contributed by atoms with Crippen molar-refractivity contribution in [2.75, 3.05) is 19.7 Å². The quantitative estimate of drug-likeness (QED) is 0.870. The van der Waals surface area contributed by atoms with Crippen molar-refractivity contribution in [1.29, 1.82) is 0 Å². The minimum Gasteiger partial charge on any atom is -0.406 e. The molecule has 0 spiro atoms. The molecule has 1 aliphatic heterocycles. The zero-order valence-electron chi connectivity index (χ0n) is 12.5. The Kier molecular flexibility index (Phi) is 5.70. The topological polar surface area (TPSA) is 61.8 Å². The lowest BCUT2D eigenvalue weighted by atomic mass is 10.1. The average Bonchev–Trinajstić information content (AvgIpc) is 2.96. The second-order valence-electron chi connectivity index (χ2n) is 5.35. The molecule has 0 aromatic heterocycles. The van der Waals surface area contributed by atoms with Gasteiger partial charge in [-0.1, -0.05) is 12.1 Å². The molecule has 5 nitrogen and oxygen atoms in total. The van der Waals surface area contributed by atoms with Crippen LogP contribution in [0.1, 0.15) is 18.4 Å². The van der Waals surface area contributed by atoms with Crippen molar-refractivity contribution in [3.05, 3.63) is 29.8 Å². The van der Waals surface area contributed by atoms with Gasteiger partial charge in [-0.15, -0.1) is 13.2 Å². The van der Waals surface area contributed by atoms with Crippen molar-refractivity contribution in [2.45, 2.75) is 31.7 Å². The molecule has 2 amide bonds. The highest BCUT2D eigenvalue weighted by molar-refractivity contribution is 5.74. The van der Waals surface area contributed by atoms with E-state index in [0.29, 0.717) is 19.5 Å². The smallest absolute Gasteiger partial charge is 0.406 e. The van der Waals surface area contributed by atoms with E-state index in [2.05, 4.69) is 10.1 Å². The summed E-state index contributed by atoms with van der Waals surface area (Å²) in [5.74, 6) is -0.270. The summed E-state index contributed by atoms with van der Waals surface area (Å²) in [6, 6.07) is 5.19. The molecule has 1 fully saturated rings. The summed E-state index contributed by atoms with van der Waals surface area (Å²) in [5.41, 5.74) is 0.792. The Morgan fingerprint density at radius 2 is 2.04 bits per heavy atom. The molecule has 0 saturated carbocycles. The summed E-state index contributed by atoms with van der Waals surface area (Å²) in [6.45, 7) is 0.946. The number of ether oxygens (including phenoxy) is 1. The number of hydrogen-bond acceptors (Lipinski definition) is 3. The highest BCUT2D eigenvalue weighted by Crippen LogP contribution is 2.22. The number of urea groups is 1. The van der Waals surface area contributed by atoms with Gasteiger partial charge in [0.2, 0.25) is 0 Å². The van der Waals surface area contributed by atoms with Crippen LogP contribution in [0.3, 0.4) is 0 Å². The normalized spacial score (nSPS) is 18.1. The van der Waals surface area contributed by atoms with Crippen LogP contribution in [0.15, 0.2) is 24.3 Å². The molecule has 23 heavy (non-hydrogen) atoms. The number of amides is 2.